The Kier molecular flexibility index (Phi) is 3.89. The first-order valence-electron chi connectivity index (χ1n) is 8.18. The van der Waals surface area contributed by atoms with Crippen LogP contribution in [-0.2, 0) is 4.79 Å². The summed E-state index contributed by atoms with van der Waals surface area (Å²) < 4.78 is 11.8. The minimum atomic E-state index is 0.0319. The van der Waals surface area contributed by atoms with Crippen LogP contribution in [0.25, 0.3) is 0 Å². The van der Waals surface area contributed by atoms with E-state index in [1.165, 1.54) is 0 Å². The van der Waals surface area contributed by atoms with Crippen molar-refractivity contribution in [3.63, 3.8) is 0 Å². The molecule has 4 rings (SSSR count). The standard InChI is InChI=1S/C17H22N2O3S/c1-18-16(20)12-23-17(18)6-8-19(9-7-17)10-13-11-21-14-4-2-3-5-15(14)22-13/h2-5,13H,6-12H2,1H3. The van der Waals surface area contributed by atoms with Crippen LogP contribution >= 0.6 is 11.8 Å². The van der Waals surface area contributed by atoms with Crippen LogP contribution in [0.1, 0.15) is 12.8 Å². The normalized spacial score (nSPS) is 26.7. The Balaban J connectivity index is 1.33. The summed E-state index contributed by atoms with van der Waals surface area (Å²) in [6, 6.07) is 7.84. The molecule has 2 fully saturated rings. The van der Waals surface area contributed by atoms with Crippen LogP contribution in [0.4, 0.5) is 0 Å². The molecular weight excluding hydrogens is 312 g/mol. The van der Waals surface area contributed by atoms with Crippen molar-refractivity contribution >= 4 is 17.7 Å². The lowest BCUT2D eigenvalue weighted by atomic mass is 10.0. The summed E-state index contributed by atoms with van der Waals surface area (Å²) in [4.78, 5) is 16.2. The van der Waals surface area contributed by atoms with Gasteiger partial charge >= 0.3 is 0 Å². The molecule has 1 aromatic carbocycles. The SMILES string of the molecule is CN1C(=O)CSC12CCN(CC1COc3ccccc3O1)CC2. The third-order valence-electron chi connectivity index (χ3n) is 5.12. The van der Waals surface area contributed by atoms with Crippen molar-refractivity contribution in [1.29, 1.82) is 0 Å². The van der Waals surface area contributed by atoms with Crippen LogP contribution in [0.15, 0.2) is 24.3 Å². The van der Waals surface area contributed by atoms with Gasteiger partial charge in [0.1, 0.15) is 12.7 Å². The van der Waals surface area contributed by atoms with Crippen molar-refractivity contribution in [2.45, 2.75) is 23.8 Å². The number of carbonyl (C=O) groups excluding carboxylic acids is 1. The number of ether oxygens (including phenoxy) is 2. The zero-order valence-electron chi connectivity index (χ0n) is 13.4. The highest BCUT2D eigenvalue weighted by Gasteiger charge is 2.46. The monoisotopic (exact) mass is 334 g/mol. The smallest absolute Gasteiger partial charge is 0.233 e. The van der Waals surface area contributed by atoms with E-state index < -0.39 is 0 Å². The second-order valence-corrected chi connectivity index (χ2v) is 7.82. The van der Waals surface area contributed by atoms with Gasteiger partial charge in [-0.1, -0.05) is 12.1 Å². The topological polar surface area (TPSA) is 42.0 Å². The summed E-state index contributed by atoms with van der Waals surface area (Å²) in [6.07, 6.45) is 2.14. The third-order valence-corrected chi connectivity index (χ3v) is 6.73. The van der Waals surface area contributed by atoms with Gasteiger partial charge in [-0.3, -0.25) is 9.69 Å². The first-order chi connectivity index (χ1) is 11.2. The molecule has 1 amide bonds. The quantitative estimate of drug-likeness (QED) is 0.825. The first kappa shape index (κ1) is 15.1. The minimum Gasteiger partial charge on any atom is -0.486 e. The largest absolute Gasteiger partial charge is 0.486 e. The van der Waals surface area contributed by atoms with E-state index in [2.05, 4.69) is 4.90 Å². The molecular formula is C17H22N2O3S. The first-order valence-corrected chi connectivity index (χ1v) is 9.16. The molecule has 0 bridgehead atoms. The molecule has 124 valence electrons. The molecule has 3 aliphatic heterocycles. The Bertz CT molecular complexity index is 601. The van der Waals surface area contributed by atoms with E-state index in [-0.39, 0.29) is 16.9 Å². The van der Waals surface area contributed by atoms with Gasteiger partial charge in [0.25, 0.3) is 0 Å². The Morgan fingerprint density at radius 1 is 1.26 bits per heavy atom. The van der Waals surface area contributed by atoms with Crippen LogP contribution in [-0.4, -0.2) is 65.7 Å². The van der Waals surface area contributed by atoms with Gasteiger partial charge in [-0.05, 0) is 25.0 Å². The molecule has 0 aliphatic carbocycles. The molecule has 0 saturated carbocycles. The highest BCUT2D eigenvalue weighted by molar-refractivity contribution is 8.01. The number of hydrogen-bond donors (Lipinski definition) is 0. The van der Waals surface area contributed by atoms with Crippen LogP contribution in [0, 0.1) is 0 Å². The molecule has 1 unspecified atom stereocenters. The Morgan fingerprint density at radius 3 is 2.70 bits per heavy atom. The fourth-order valence-electron chi connectivity index (χ4n) is 3.62. The average molecular weight is 334 g/mol. The summed E-state index contributed by atoms with van der Waals surface area (Å²) in [5.41, 5.74) is 0. The number of likely N-dealkylation sites (tertiary alicyclic amines) is 1. The number of benzene rings is 1. The van der Waals surface area contributed by atoms with Gasteiger partial charge in [0.05, 0.1) is 10.6 Å². The van der Waals surface area contributed by atoms with Gasteiger partial charge in [-0.15, -0.1) is 11.8 Å². The molecule has 0 aromatic heterocycles. The second kappa shape index (κ2) is 5.91. The molecule has 0 radical (unpaired) electrons. The summed E-state index contributed by atoms with van der Waals surface area (Å²) in [6.45, 7) is 3.50. The van der Waals surface area contributed by atoms with Crippen molar-refractivity contribution in [1.82, 2.24) is 9.80 Å². The fraction of sp³-hybridized carbons (Fsp3) is 0.588. The number of nitrogens with zero attached hydrogens (tertiary/aromatic N) is 2. The van der Waals surface area contributed by atoms with E-state index >= 15 is 0 Å². The van der Waals surface area contributed by atoms with Gasteiger partial charge < -0.3 is 14.4 Å². The van der Waals surface area contributed by atoms with Crippen molar-refractivity contribution in [3.8, 4) is 11.5 Å². The van der Waals surface area contributed by atoms with Crippen molar-refractivity contribution in [2.24, 2.45) is 0 Å². The lowest BCUT2D eigenvalue weighted by Gasteiger charge is -2.43. The molecule has 1 aromatic rings. The highest BCUT2D eigenvalue weighted by atomic mass is 32.2. The summed E-state index contributed by atoms with van der Waals surface area (Å²) >= 11 is 1.81. The summed E-state index contributed by atoms with van der Waals surface area (Å²) in [7, 11) is 1.95. The van der Waals surface area contributed by atoms with E-state index in [1.807, 2.05) is 48.0 Å². The number of fused-ring (bicyclic) bond motifs is 1. The molecule has 1 spiro atoms. The molecule has 2 saturated heterocycles. The van der Waals surface area contributed by atoms with E-state index in [4.69, 9.17) is 9.47 Å². The number of thioether (sulfide) groups is 1. The predicted molar refractivity (Wildman–Crippen MR) is 90.0 cm³/mol. The maximum atomic E-state index is 11.8. The van der Waals surface area contributed by atoms with Crippen molar-refractivity contribution in [2.75, 3.05) is 39.0 Å². The van der Waals surface area contributed by atoms with Crippen LogP contribution < -0.4 is 9.47 Å². The Morgan fingerprint density at radius 2 is 2.00 bits per heavy atom. The zero-order chi connectivity index (χ0) is 15.9. The number of rotatable bonds is 2. The van der Waals surface area contributed by atoms with E-state index in [9.17, 15) is 4.79 Å². The predicted octanol–water partition coefficient (Wildman–Crippen LogP) is 1.82. The molecule has 1 atom stereocenters. The molecule has 3 aliphatic rings. The van der Waals surface area contributed by atoms with Crippen molar-refractivity contribution in [3.05, 3.63) is 24.3 Å². The molecule has 5 nitrogen and oxygen atoms in total. The van der Waals surface area contributed by atoms with E-state index in [0.29, 0.717) is 12.4 Å². The van der Waals surface area contributed by atoms with Crippen LogP contribution in [0.2, 0.25) is 0 Å². The van der Waals surface area contributed by atoms with Gasteiger partial charge in [0.2, 0.25) is 5.91 Å². The number of piperidine rings is 1. The van der Waals surface area contributed by atoms with Gasteiger partial charge in [0, 0.05) is 26.7 Å². The highest BCUT2D eigenvalue weighted by Crippen LogP contribution is 2.43. The number of carbonyl (C=O) groups is 1. The lowest BCUT2D eigenvalue weighted by molar-refractivity contribution is -0.129. The van der Waals surface area contributed by atoms with Gasteiger partial charge in [0.15, 0.2) is 11.5 Å². The lowest BCUT2D eigenvalue weighted by Crippen LogP contribution is -2.52. The molecule has 6 heteroatoms. The second-order valence-electron chi connectivity index (χ2n) is 6.49. The van der Waals surface area contributed by atoms with E-state index in [0.717, 1.165) is 44.0 Å². The summed E-state index contributed by atoms with van der Waals surface area (Å²) in [5.74, 6) is 2.58. The number of hydrogen-bond acceptors (Lipinski definition) is 5. The molecule has 23 heavy (non-hydrogen) atoms. The number of amides is 1. The van der Waals surface area contributed by atoms with E-state index in [1.54, 1.807) is 0 Å². The molecule has 0 N–H and O–H groups in total. The maximum absolute atomic E-state index is 11.8. The average Bonchev–Trinajstić information content (AvgIpc) is 2.86. The van der Waals surface area contributed by atoms with Gasteiger partial charge in [-0.2, -0.15) is 0 Å². The zero-order valence-corrected chi connectivity index (χ0v) is 14.2. The van der Waals surface area contributed by atoms with Crippen LogP contribution in [0.5, 0.6) is 11.5 Å². The number of para-hydroxylation sites is 2. The van der Waals surface area contributed by atoms with Crippen LogP contribution in [0.3, 0.4) is 0 Å². The Labute approximate surface area is 140 Å². The fourth-order valence-corrected chi connectivity index (χ4v) is 4.98. The maximum Gasteiger partial charge on any atom is 0.233 e. The molecule has 3 heterocycles. The van der Waals surface area contributed by atoms with Crippen molar-refractivity contribution < 1.29 is 14.3 Å². The third kappa shape index (κ3) is 2.78. The van der Waals surface area contributed by atoms with Gasteiger partial charge in [-0.25, -0.2) is 0 Å². The Hall–Kier alpha value is -1.40. The minimum absolute atomic E-state index is 0.0319. The summed E-state index contributed by atoms with van der Waals surface area (Å²) in [5, 5.41) is 0.